The number of rotatable bonds is 5. The van der Waals surface area contributed by atoms with E-state index in [2.05, 4.69) is 15.6 Å². The lowest BCUT2D eigenvalue weighted by molar-refractivity contribution is -0.130. The number of nitrogens with zero attached hydrogens (tertiary/aromatic N) is 1. The van der Waals surface area contributed by atoms with Crippen molar-refractivity contribution in [2.45, 2.75) is 32.4 Å². The molecule has 2 N–H and O–H groups in total. The fraction of sp³-hybridized carbons (Fsp3) is 0.353. The molecule has 24 heavy (non-hydrogen) atoms. The third-order valence-electron chi connectivity index (χ3n) is 3.69. The van der Waals surface area contributed by atoms with Gasteiger partial charge in [-0.3, -0.25) is 9.59 Å². The van der Waals surface area contributed by atoms with Gasteiger partial charge in [-0.1, -0.05) is 12.1 Å². The highest BCUT2D eigenvalue weighted by Gasteiger charge is 2.23. The summed E-state index contributed by atoms with van der Waals surface area (Å²) in [6.07, 6.45) is 1.41. The van der Waals surface area contributed by atoms with Gasteiger partial charge in [0.15, 0.2) is 0 Å². The summed E-state index contributed by atoms with van der Waals surface area (Å²) in [5.41, 5.74) is 2.58. The Morgan fingerprint density at radius 1 is 1.33 bits per heavy atom. The van der Waals surface area contributed by atoms with Crippen molar-refractivity contribution in [3.05, 3.63) is 34.7 Å². The summed E-state index contributed by atoms with van der Waals surface area (Å²) in [5, 5.41) is 8.41. The van der Waals surface area contributed by atoms with Gasteiger partial charge in [0.25, 0.3) is 0 Å². The molecule has 2 aromatic rings. The van der Waals surface area contributed by atoms with Crippen LogP contribution in [-0.2, 0) is 20.9 Å². The van der Waals surface area contributed by atoms with Crippen LogP contribution in [0.3, 0.4) is 0 Å². The zero-order valence-corrected chi connectivity index (χ0v) is 14.2. The number of nitrogens with one attached hydrogen (secondary N) is 2. The Morgan fingerprint density at radius 3 is 2.79 bits per heavy atom. The van der Waals surface area contributed by atoms with Crippen molar-refractivity contribution in [2.24, 2.45) is 0 Å². The first kappa shape index (κ1) is 16.6. The second-order valence-corrected chi connectivity index (χ2v) is 6.55. The average Bonchev–Trinajstić information content (AvgIpc) is 3.25. The number of thiazole rings is 1. The summed E-state index contributed by atoms with van der Waals surface area (Å²) in [4.78, 5) is 27.5. The number of hydrogen-bond acceptors (Lipinski definition) is 5. The van der Waals surface area contributed by atoms with Crippen molar-refractivity contribution < 1.29 is 14.3 Å². The Labute approximate surface area is 144 Å². The van der Waals surface area contributed by atoms with Gasteiger partial charge in [0.05, 0.1) is 12.2 Å². The van der Waals surface area contributed by atoms with Crippen LogP contribution in [0.1, 0.15) is 24.8 Å². The minimum atomic E-state index is -0.314. The summed E-state index contributed by atoms with van der Waals surface area (Å²) in [6, 6.07) is 7.51. The van der Waals surface area contributed by atoms with Crippen molar-refractivity contribution in [2.75, 3.05) is 11.9 Å². The summed E-state index contributed by atoms with van der Waals surface area (Å²) >= 11 is 1.51. The Hall–Kier alpha value is -2.25. The maximum Gasteiger partial charge on any atom is 0.249 e. The number of anilines is 1. The lowest BCUT2D eigenvalue weighted by Gasteiger charge is -2.08. The quantitative estimate of drug-likeness (QED) is 0.873. The molecule has 1 aliphatic heterocycles. The molecule has 1 unspecified atom stereocenters. The Balaban J connectivity index is 1.58. The van der Waals surface area contributed by atoms with Gasteiger partial charge in [0, 0.05) is 30.2 Å². The van der Waals surface area contributed by atoms with E-state index in [9.17, 15) is 9.59 Å². The smallest absolute Gasteiger partial charge is 0.249 e. The van der Waals surface area contributed by atoms with E-state index in [1.54, 1.807) is 0 Å². The van der Waals surface area contributed by atoms with Gasteiger partial charge in [-0.25, -0.2) is 4.98 Å². The van der Waals surface area contributed by atoms with Gasteiger partial charge in [0.1, 0.15) is 11.1 Å². The molecule has 1 aromatic carbocycles. The van der Waals surface area contributed by atoms with Crippen LogP contribution < -0.4 is 10.6 Å². The van der Waals surface area contributed by atoms with Crippen LogP contribution in [-0.4, -0.2) is 29.5 Å². The molecule has 1 aliphatic rings. The number of amides is 2. The molecule has 2 heterocycles. The largest absolute Gasteiger partial charge is 0.368 e. The molecular formula is C17H19N3O3S. The minimum absolute atomic E-state index is 0.0658. The first-order valence-corrected chi connectivity index (χ1v) is 8.71. The normalized spacial score (nSPS) is 16.8. The molecule has 126 valence electrons. The Kier molecular flexibility index (Phi) is 5.22. The van der Waals surface area contributed by atoms with Gasteiger partial charge in [0.2, 0.25) is 11.8 Å². The number of ether oxygens (including phenoxy) is 1. The molecular weight excluding hydrogens is 326 g/mol. The van der Waals surface area contributed by atoms with Crippen LogP contribution in [0.4, 0.5) is 5.69 Å². The monoisotopic (exact) mass is 345 g/mol. The second-order valence-electron chi connectivity index (χ2n) is 5.60. The van der Waals surface area contributed by atoms with E-state index in [1.807, 2.05) is 29.6 Å². The average molecular weight is 345 g/mol. The number of hydrogen-bond donors (Lipinski definition) is 2. The molecule has 0 bridgehead atoms. The van der Waals surface area contributed by atoms with Gasteiger partial charge >= 0.3 is 0 Å². The van der Waals surface area contributed by atoms with E-state index < -0.39 is 0 Å². The van der Waals surface area contributed by atoms with Crippen LogP contribution in [0.15, 0.2) is 29.6 Å². The maximum absolute atomic E-state index is 11.9. The summed E-state index contributed by atoms with van der Waals surface area (Å²) in [7, 11) is 0. The molecule has 0 aliphatic carbocycles. The van der Waals surface area contributed by atoms with E-state index in [1.165, 1.54) is 18.3 Å². The molecule has 0 saturated carbocycles. The van der Waals surface area contributed by atoms with Crippen molar-refractivity contribution in [1.82, 2.24) is 10.3 Å². The predicted molar refractivity (Wildman–Crippen MR) is 92.7 cm³/mol. The molecule has 0 radical (unpaired) electrons. The number of carbonyl (C=O) groups excluding carboxylic acids is 2. The predicted octanol–water partition coefficient (Wildman–Crippen LogP) is 2.56. The van der Waals surface area contributed by atoms with E-state index in [4.69, 9.17) is 4.74 Å². The molecule has 1 fully saturated rings. The number of carbonyl (C=O) groups is 2. The van der Waals surface area contributed by atoms with Crippen molar-refractivity contribution in [3.63, 3.8) is 0 Å². The minimum Gasteiger partial charge on any atom is -0.368 e. The van der Waals surface area contributed by atoms with Crippen molar-refractivity contribution in [3.8, 4) is 11.3 Å². The third-order valence-corrected chi connectivity index (χ3v) is 4.54. The molecule has 0 spiro atoms. The zero-order chi connectivity index (χ0) is 16.9. The maximum atomic E-state index is 11.9. The lowest BCUT2D eigenvalue weighted by Crippen LogP contribution is -2.33. The standard InChI is InChI=1S/C17H19N3O3S/c1-11(21)19-13-6-4-12(5-7-13)14-10-24-16(20-14)9-18-17(22)15-3-2-8-23-15/h4-7,10,15H,2-3,8-9H2,1H3,(H,18,22)(H,19,21). The Morgan fingerprint density at radius 2 is 2.12 bits per heavy atom. The van der Waals surface area contributed by atoms with E-state index in [-0.39, 0.29) is 17.9 Å². The molecule has 1 atom stereocenters. The summed E-state index contributed by atoms with van der Waals surface area (Å²) in [5.74, 6) is -0.162. The molecule has 2 amide bonds. The van der Waals surface area contributed by atoms with E-state index in [0.717, 1.165) is 34.8 Å². The molecule has 3 rings (SSSR count). The Bertz CT molecular complexity index is 721. The highest BCUT2D eigenvalue weighted by molar-refractivity contribution is 7.09. The van der Waals surface area contributed by atoms with E-state index in [0.29, 0.717) is 13.2 Å². The molecule has 1 aromatic heterocycles. The molecule has 6 nitrogen and oxygen atoms in total. The van der Waals surface area contributed by atoms with Crippen LogP contribution in [0.25, 0.3) is 11.3 Å². The SMILES string of the molecule is CC(=O)Nc1ccc(-c2csc(CNC(=O)C3CCCO3)n2)cc1. The van der Waals surface area contributed by atoms with Gasteiger partial charge in [-0.05, 0) is 25.0 Å². The topological polar surface area (TPSA) is 80.3 Å². The van der Waals surface area contributed by atoms with Crippen LogP contribution in [0, 0.1) is 0 Å². The number of benzene rings is 1. The van der Waals surface area contributed by atoms with Crippen molar-refractivity contribution >= 4 is 28.8 Å². The third kappa shape index (κ3) is 4.18. The van der Waals surface area contributed by atoms with Crippen LogP contribution in [0.2, 0.25) is 0 Å². The highest BCUT2D eigenvalue weighted by Crippen LogP contribution is 2.23. The molecule has 1 saturated heterocycles. The summed E-state index contributed by atoms with van der Waals surface area (Å²) in [6.45, 7) is 2.55. The first-order chi connectivity index (χ1) is 11.6. The summed E-state index contributed by atoms with van der Waals surface area (Å²) < 4.78 is 5.36. The zero-order valence-electron chi connectivity index (χ0n) is 13.4. The fourth-order valence-electron chi connectivity index (χ4n) is 2.51. The number of aromatic nitrogens is 1. The van der Waals surface area contributed by atoms with Gasteiger partial charge < -0.3 is 15.4 Å². The lowest BCUT2D eigenvalue weighted by atomic mass is 10.1. The fourth-order valence-corrected chi connectivity index (χ4v) is 3.26. The van der Waals surface area contributed by atoms with Crippen LogP contribution in [0.5, 0.6) is 0 Å². The van der Waals surface area contributed by atoms with Crippen LogP contribution >= 0.6 is 11.3 Å². The molecule has 7 heteroatoms. The van der Waals surface area contributed by atoms with E-state index >= 15 is 0 Å². The van der Waals surface area contributed by atoms with Crippen molar-refractivity contribution in [1.29, 1.82) is 0 Å². The first-order valence-electron chi connectivity index (χ1n) is 7.83. The van der Waals surface area contributed by atoms with Gasteiger partial charge in [-0.15, -0.1) is 11.3 Å². The second kappa shape index (κ2) is 7.55. The van der Waals surface area contributed by atoms with Gasteiger partial charge in [-0.2, -0.15) is 0 Å². The highest BCUT2D eigenvalue weighted by atomic mass is 32.1.